The molecule has 0 saturated carbocycles. The van der Waals surface area contributed by atoms with Crippen molar-refractivity contribution in [2.45, 2.75) is 32.7 Å². The molecule has 7 heteroatoms. The van der Waals surface area contributed by atoms with Crippen LogP contribution in [0, 0.1) is 13.8 Å². The Morgan fingerprint density at radius 1 is 1.00 bits per heavy atom. The number of rotatable bonds is 7. The number of hydrogen-bond acceptors (Lipinski definition) is 6. The molecule has 0 radical (unpaired) electrons. The van der Waals surface area contributed by atoms with Gasteiger partial charge in [0.05, 0.1) is 23.9 Å². The third kappa shape index (κ3) is 5.29. The van der Waals surface area contributed by atoms with Crippen molar-refractivity contribution < 1.29 is 9.53 Å². The molecule has 6 nitrogen and oxygen atoms in total. The Balaban J connectivity index is 1.77. The number of carbonyl (C=O) groups excluding carboxylic acids is 1. The molecule has 1 aliphatic rings. The summed E-state index contributed by atoms with van der Waals surface area (Å²) in [6.07, 6.45) is 0. The van der Waals surface area contributed by atoms with E-state index in [2.05, 4.69) is 16.0 Å². The highest BCUT2D eigenvalue weighted by atomic mass is 35.5. The topological polar surface area (TPSA) is 75.1 Å². The minimum atomic E-state index is -0.649. The summed E-state index contributed by atoms with van der Waals surface area (Å²) in [6.45, 7) is 6.16. The van der Waals surface area contributed by atoms with Gasteiger partial charge < -0.3 is 4.74 Å². The number of benzene rings is 3. The lowest BCUT2D eigenvalue weighted by atomic mass is 9.84. The van der Waals surface area contributed by atoms with E-state index in [1.165, 1.54) is 0 Å². The molecule has 3 aromatic rings. The Bertz CT molecular complexity index is 1200. The van der Waals surface area contributed by atoms with Crippen LogP contribution in [0.4, 0.5) is 5.69 Å². The largest absolute Gasteiger partial charge is 0.464 e. The highest BCUT2D eigenvalue weighted by Crippen LogP contribution is 2.29. The van der Waals surface area contributed by atoms with Gasteiger partial charge in [-0.25, -0.2) is 4.79 Å². The summed E-state index contributed by atoms with van der Waals surface area (Å²) in [5, 5.41) is 9.99. The van der Waals surface area contributed by atoms with E-state index in [1.54, 1.807) is 19.1 Å². The van der Waals surface area contributed by atoms with Crippen molar-refractivity contribution in [2.75, 3.05) is 12.0 Å². The maximum absolute atomic E-state index is 12.8. The number of aryl methyl sites for hydroxylation is 2. The molecule has 0 aliphatic carbocycles. The Labute approximate surface area is 204 Å². The smallest absolute Gasteiger partial charge is 0.331 e. The van der Waals surface area contributed by atoms with Crippen LogP contribution in [0.3, 0.4) is 0 Å². The first-order chi connectivity index (χ1) is 16.5. The van der Waals surface area contributed by atoms with Crippen LogP contribution in [0.1, 0.15) is 35.1 Å². The minimum Gasteiger partial charge on any atom is -0.464 e. The van der Waals surface area contributed by atoms with E-state index in [-0.39, 0.29) is 11.9 Å². The minimum absolute atomic E-state index is 0.296. The molecule has 2 atom stereocenters. The lowest BCUT2D eigenvalue weighted by molar-refractivity contribution is -0.145. The highest BCUT2D eigenvalue weighted by Gasteiger charge is 2.41. The van der Waals surface area contributed by atoms with Crippen molar-refractivity contribution in [3.8, 4) is 0 Å². The molecule has 174 valence electrons. The van der Waals surface area contributed by atoms with Crippen LogP contribution in [0.5, 0.6) is 0 Å². The average molecular weight is 475 g/mol. The summed E-state index contributed by atoms with van der Waals surface area (Å²) < 4.78 is 5.35. The molecule has 2 unspecified atom stereocenters. The lowest BCUT2D eigenvalue weighted by Gasteiger charge is -2.21. The van der Waals surface area contributed by atoms with Crippen molar-refractivity contribution in [1.29, 1.82) is 0 Å². The van der Waals surface area contributed by atoms with Gasteiger partial charge in [0.15, 0.2) is 6.04 Å². The summed E-state index contributed by atoms with van der Waals surface area (Å²) in [7, 11) is 0. The van der Waals surface area contributed by atoms with E-state index in [1.807, 2.05) is 74.5 Å². The Kier molecular flexibility index (Phi) is 7.28. The fraction of sp³-hybridized carbons (Fsp3) is 0.222. The molecule has 0 aromatic heterocycles. The molecule has 1 aliphatic heterocycles. The Morgan fingerprint density at radius 3 is 2.24 bits per heavy atom. The third-order valence-corrected chi connectivity index (χ3v) is 5.89. The second kappa shape index (κ2) is 10.5. The summed E-state index contributed by atoms with van der Waals surface area (Å²) >= 11 is 6.02. The predicted octanol–water partition coefficient (Wildman–Crippen LogP) is 5.45. The molecule has 0 spiro atoms. The lowest BCUT2D eigenvalue weighted by Crippen LogP contribution is -2.39. The molecule has 0 amide bonds. The molecule has 0 saturated heterocycles. The molecule has 0 bridgehead atoms. The van der Waals surface area contributed by atoms with Gasteiger partial charge in [0.25, 0.3) is 0 Å². The highest BCUT2D eigenvalue weighted by molar-refractivity contribution is 6.51. The van der Waals surface area contributed by atoms with Crippen molar-refractivity contribution in [3.63, 3.8) is 0 Å². The monoisotopic (exact) mass is 474 g/mol. The first-order valence-electron chi connectivity index (χ1n) is 11.2. The normalized spacial score (nSPS) is 17.6. The number of carbonyl (C=O) groups is 1. The van der Waals surface area contributed by atoms with Crippen molar-refractivity contribution in [1.82, 2.24) is 5.43 Å². The Hall–Kier alpha value is -3.64. The van der Waals surface area contributed by atoms with Crippen LogP contribution in [0.15, 0.2) is 83.0 Å². The molecule has 1 heterocycles. The second-order valence-corrected chi connectivity index (χ2v) is 8.63. The van der Waals surface area contributed by atoms with Crippen LogP contribution in [-0.2, 0) is 9.53 Å². The molecule has 4 rings (SSSR count). The summed E-state index contributed by atoms with van der Waals surface area (Å²) in [4.78, 5) is 12.8. The Morgan fingerprint density at radius 2 is 1.62 bits per heavy atom. The second-order valence-electron chi connectivity index (χ2n) is 8.19. The van der Waals surface area contributed by atoms with Crippen molar-refractivity contribution in [3.05, 3.63) is 100 Å². The number of nitrogens with zero attached hydrogens (tertiary/aromatic N) is 2. The number of esters is 1. The number of ether oxygens (including phenoxy) is 1. The fourth-order valence-corrected chi connectivity index (χ4v) is 3.94. The van der Waals surface area contributed by atoms with Gasteiger partial charge in [0.2, 0.25) is 0 Å². The third-order valence-electron chi connectivity index (χ3n) is 5.64. The van der Waals surface area contributed by atoms with Crippen LogP contribution in [0.25, 0.3) is 0 Å². The van der Waals surface area contributed by atoms with E-state index in [9.17, 15) is 4.79 Å². The number of hydrogen-bond donors (Lipinski definition) is 2. The van der Waals surface area contributed by atoms with Gasteiger partial charge in [-0.1, -0.05) is 71.3 Å². The SMILES string of the molecule is CCOC(=O)C1NN=C(/C(=N/Nc2ccc(Cl)cc2)c2ccc(C)cc2)C1c1ccc(C)cc1. The average Bonchev–Trinajstić information content (AvgIpc) is 3.27. The quantitative estimate of drug-likeness (QED) is 0.271. The van der Waals surface area contributed by atoms with Crippen LogP contribution >= 0.6 is 11.6 Å². The zero-order valence-electron chi connectivity index (χ0n) is 19.4. The summed E-state index contributed by atoms with van der Waals surface area (Å²) in [5.41, 5.74) is 12.3. The van der Waals surface area contributed by atoms with E-state index in [0.29, 0.717) is 23.1 Å². The maximum atomic E-state index is 12.8. The zero-order chi connectivity index (χ0) is 24.1. The number of hydrazone groups is 2. The number of halogens is 1. The van der Waals surface area contributed by atoms with E-state index < -0.39 is 6.04 Å². The van der Waals surface area contributed by atoms with E-state index >= 15 is 0 Å². The van der Waals surface area contributed by atoms with Gasteiger partial charge >= 0.3 is 5.97 Å². The molecular formula is C27H27ClN4O2. The zero-order valence-corrected chi connectivity index (χ0v) is 20.1. The van der Waals surface area contributed by atoms with Crippen LogP contribution < -0.4 is 10.9 Å². The molecule has 2 N–H and O–H groups in total. The van der Waals surface area contributed by atoms with Gasteiger partial charge in [0.1, 0.15) is 5.71 Å². The van der Waals surface area contributed by atoms with Gasteiger partial charge in [-0.2, -0.15) is 10.2 Å². The van der Waals surface area contributed by atoms with E-state index in [4.69, 9.17) is 21.4 Å². The van der Waals surface area contributed by atoms with E-state index in [0.717, 1.165) is 27.9 Å². The van der Waals surface area contributed by atoms with Crippen LogP contribution in [-0.4, -0.2) is 30.0 Å². The van der Waals surface area contributed by atoms with Crippen molar-refractivity contribution >= 4 is 34.7 Å². The van der Waals surface area contributed by atoms with Gasteiger partial charge in [-0.15, -0.1) is 0 Å². The number of nitrogens with one attached hydrogen (secondary N) is 2. The molecule has 0 fully saturated rings. The molecular weight excluding hydrogens is 448 g/mol. The summed E-state index contributed by atoms with van der Waals surface area (Å²) in [6, 6.07) is 22.8. The standard InChI is InChI=1S/C27H27ClN4O2/c1-4-34-27(33)26-23(19-9-5-17(2)6-10-19)25(31-32-26)24(20-11-7-18(3)8-12-20)30-29-22-15-13-21(28)14-16-22/h5-16,23,26,29,32H,4H2,1-3H3/b30-24+. The van der Waals surface area contributed by atoms with Gasteiger partial charge in [-0.05, 0) is 50.6 Å². The first kappa shape index (κ1) is 23.5. The first-order valence-corrected chi connectivity index (χ1v) is 11.6. The maximum Gasteiger partial charge on any atom is 0.331 e. The van der Waals surface area contributed by atoms with Crippen molar-refractivity contribution in [2.24, 2.45) is 10.2 Å². The molecule has 3 aromatic carbocycles. The number of anilines is 1. The molecule has 34 heavy (non-hydrogen) atoms. The summed E-state index contributed by atoms with van der Waals surface area (Å²) in [5.74, 6) is -0.715. The van der Waals surface area contributed by atoms with Crippen LogP contribution in [0.2, 0.25) is 5.02 Å². The van der Waals surface area contributed by atoms with Gasteiger partial charge in [0, 0.05) is 10.6 Å². The fourth-order valence-electron chi connectivity index (χ4n) is 3.81. The predicted molar refractivity (Wildman–Crippen MR) is 138 cm³/mol. The van der Waals surface area contributed by atoms with Gasteiger partial charge in [-0.3, -0.25) is 10.9 Å².